The summed E-state index contributed by atoms with van der Waals surface area (Å²) in [5, 5.41) is 11.1. The first-order valence-corrected chi connectivity index (χ1v) is 4.80. The molecule has 3 nitrogen and oxygen atoms in total. The van der Waals surface area contributed by atoms with E-state index in [0.717, 1.165) is 0 Å². The number of aliphatic hydroxyl groups excluding tert-OH is 1. The Bertz CT molecular complexity index is 352. The smallest absolute Gasteiger partial charge is 0.251 e. The van der Waals surface area contributed by atoms with E-state index in [9.17, 15) is 9.18 Å². The van der Waals surface area contributed by atoms with Gasteiger partial charge in [0.25, 0.3) is 5.91 Å². The number of carbonyl (C=O) groups excluding carboxylic acids is 1. The van der Waals surface area contributed by atoms with E-state index in [4.69, 9.17) is 5.11 Å². The molecule has 82 valence electrons. The Labute approximate surface area is 87.9 Å². The van der Waals surface area contributed by atoms with Crippen LogP contribution in [0.25, 0.3) is 0 Å². The molecule has 0 atom stereocenters. The van der Waals surface area contributed by atoms with Crippen molar-refractivity contribution < 1.29 is 14.3 Å². The number of benzene rings is 1. The van der Waals surface area contributed by atoms with Crippen LogP contribution in [-0.4, -0.2) is 24.2 Å². The SMILES string of the molecule is Cc1ccc(C(=O)NCCCO)cc1F. The fraction of sp³-hybridized carbons (Fsp3) is 0.364. The molecule has 1 rings (SSSR count). The highest BCUT2D eigenvalue weighted by Crippen LogP contribution is 2.08. The molecule has 2 N–H and O–H groups in total. The van der Waals surface area contributed by atoms with Crippen LogP contribution in [0.5, 0.6) is 0 Å². The van der Waals surface area contributed by atoms with E-state index < -0.39 is 0 Å². The molecule has 0 heterocycles. The average molecular weight is 211 g/mol. The zero-order chi connectivity index (χ0) is 11.3. The van der Waals surface area contributed by atoms with Crippen LogP contribution in [0.4, 0.5) is 4.39 Å². The van der Waals surface area contributed by atoms with Gasteiger partial charge < -0.3 is 10.4 Å². The van der Waals surface area contributed by atoms with Crippen molar-refractivity contribution in [2.45, 2.75) is 13.3 Å². The van der Waals surface area contributed by atoms with Crippen LogP contribution >= 0.6 is 0 Å². The van der Waals surface area contributed by atoms with Gasteiger partial charge in [0.2, 0.25) is 0 Å². The van der Waals surface area contributed by atoms with Crippen LogP contribution < -0.4 is 5.32 Å². The monoisotopic (exact) mass is 211 g/mol. The van der Waals surface area contributed by atoms with Crippen LogP contribution in [0, 0.1) is 12.7 Å². The molecule has 0 aliphatic heterocycles. The van der Waals surface area contributed by atoms with Gasteiger partial charge in [-0.3, -0.25) is 4.79 Å². The number of hydrogen-bond donors (Lipinski definition) is 2. The van der Waals surface area contributed by atoms with E-state index >= 15 is 0 Å². The lowest BCUT2D eigenvalue weighted by atomic mass is 10.1. The maximum absolute atomic E-state index is 13.1. The third-order valence-corrected chi connectivity index (χ3v) is 2.05. The molecular weight excluding hydrogens is 197 g/mol. The van der Waals surface area contributed by atoms with Gasteiger partial charge in [0.1, 0.15) is 5.82 Å². The maximum Gasteiger partial charge on any atom is 0.251 e. The molecule has 0 radical (unpaired) electrons. The predicted octanol–water partition coefficient (Wildman–Crippen LogP) is 1.25. The third-order valence-electron chi connectivity index (χ3n) is 2.05. The number of amides is 1. The summed E-state index contributed by atoms with van der Waals surface area (Å²) in [6.07, 6.45) is 0.500. The predicted molar refractivity (Wildman–Crippen MR) is 55.2 cm³/mol. The summed E-state index contributed by atoms with van der Waals surface area (Å²) in [6.45, 7) is 2.07. The molecule has 1 aromatic rings. The number of hydrogen-bond acceptors (Lipinski definition) is 2. The fourth-order valence-corrected chi connectivity index (χ4v) is 1.12. The third kappa shape index (κ3) is 3.32. The Morgan fingerprint density at radius 1 is 1.53 bits per heavy atom. The molecule has 15 heavy (non-hydrogen) atoms. The number of rotatable bonds is 4. The first kappa shape index (κ1) is 11.7. The van der Waals surface area contributed by atoms with Crippen LogP contribution in [0.3, 0.4) is 0 Å². The molecular formula is C11H14FNO2. The zero-order valence-electron chi connectivity index (χ0n) is 8.59. The maximum atomic E-state index is 13.1. The fourth-order valence-electron chi connectivity index (χ4n) is 1.12. The minimum Gasteiger partial charge on any atom is -0.396 e. The van der Waals surface area contributed by atoms with Crippen molar-refractivity contribution >= 4 is 5.91 Å². The Morgan fingerprint density at radius 3 is 2.87 bits per heavy atom. The van der Waals surface area contributed by atoms with E-state index in [-0.39, 0.29) is 18.3 Å². The normalized spacial score (nSPS) is 10.1. The Hall–Kier alpha value is -1.42. The van der Waals surface area contributed by atoms with E-state index in [1.165, 1.54) is 6.07 Å². The summed E-state index contributed by atoms with van der Waals surface area (Å²) < 4.78 is 13.1. The van der Waals surface area contributed by atoms with Crippen molar-refractivity contribution in [3.63, 3.8) is 0 Å². The number of carbonyl (C=O) groups is 1. The Kier molecular flexibility index (Phi) is 4.24. The zero-order valence-corrected chi connectivity index (χ0v) is 8.59. The van der Waals surface area contributed by atoms with Crippen LogP contribution in [-0.2, 0) is 0 Å². The Balaban J connectivity index is 2.62. The average Bonchev–Trinajstić information content (AvgIpc) is 2.22. The number of aliphatic hydroxyl groups is 1. The second-order valence-corrected chi connectivity index (χ2v) is 3.30. The van der Waals surface area contributed by atoms with Crippen LogP contribution in [0.1, 0.15) is 22.3 Å². The second-order valence-electron chi connectivity index (χ2n) is 3.30. The van der Waals surface area contributed by atoms with Crippen LogP contribution in [0.2, 0.25) is 0 Å². The first-order chi connectivity index (χ1) is 7.15. The molecule has 0 aliphatic rings. The van der Waals surface area contributed by atoms with Crippen molar-refractivity contribution in [3.8, 4) is 0 Å². The summed E-state index contributed by atoms with van der Waals surface area (Å²) in [7, 11) is 0. The minimum absolute atomic E-state index is 0.0303. The minimum atomic E-state index is -0.384. The number of nitrogens with one attached hydrogen (secondary N) is 1. The molecule has 0 saturated heterocycles. The van der Waals surface area contributed by atoms with E-state index in [1.54, 1.807) is 19.1 Å². The summed E-state index contributed by atoms with van der Waals surface area (Å²) >= 11 is 0. The van der Waals surface area contributed by atoms with Crippen molar-refractivity contribution in [1.82, 2.24) is 5.32 Å². The largest absolute Gasteiger partial charge is 0.396 e. The molecule has 0 fully saturated rings. The quantitative estimate of drug-likeness (QED) is 0.736. The molecule has 0 spiro atoms. The van der Waals surface area contributed by atoms with Gasteiger partial charge in [0.15, 0.2) is 0 Å². The van der Waals surface area contributed by atoms with Gasteiger partial charge in [0, 0.05) is 18.7 Å². The molecule has 4 heteroatoms. The van der Waals surface area contributed by atoms with Gasteiger partial charge in [-0.2, -0.15) is 0 Å². The van der Waals surface area contributed by atoms with Gasteiger partial charge in [0.05, 0.1) is 0 Å². The summed E-state index contributed by atoms with van der Waals surface area (Å²) in [5.74, 6) is -0.702. The van der Waals surface area contributed by atoms with Crippen molar-refractivity contribution in [2.75, 3.05) is 13.2 Å². The highest BCUT2D eigenvalue weighted by atomic mass is 19.1. The molecule has 1 aromatic carbocycles. The van der Waals surface area contributed by atoms with Gasteiger partial charge in [-0.15, -0.1) is 0 Å². The van der Waals surface area contributed by atoms with Crippen LogP contribution in [0.15, 0.2) is 18.2 Å². The first-order valence-electron chi connectivity index (χ1n) is 4.80. The number of aryl methyl sites for hydroxylation is 1. The van der Waals surface area contributed by atoms with E-state index in [2.05, 4.69) is 5.32 Å². The lowest BCUT2D eigenvalue weighted by Gasteiger charge is -2.04. The lowest BCUT2D eigenvalue weighted by molar-refractivity contribution is 0.0950. The molecule has 0 unspecified atom stereocenters. The number of halogens is 1. The molecule has 0 aliphatic carbocycles. The van der Waals surface area contributed by atoms with Gasteiger partial charge in [-0.1, -0.05) is 6.07 Å². The second kappa shape index (κ2) is 5.46. The van der Waals surface area contributed by atoms with Crippen molar-refractivity contribution in [2.24, 2.45) is 0 Å². The van der Waals surface area contributed by atoms with Crippen molar-refractivity contribution in [3.05, 3.63) is 35.1 Å². The molecule has 0 saturated carbocycles. The van der Waals surface area contributed by atoms with E-state index in [0.29, 0.717) is 24.1 Å². The molecule has 0 aromatic heterocycles. The Morgan fingerprint density at radius 2 is 2.27 bits per heavy atom. The van der Waals surface area contributed by atoms with E-state index in [1.807, 2.05) is 0 Å². The molecule has 1 amide bonds. The summed E-state index contributed by atoms with van der Waals surface area (Å²) in [5.41, 5.74) is 0.818. The summed E-state index contributed by atoms with van der Waals surface area (Å²) in [4.78, 5) is 11.4. The van der Waals surface area contributed by atoms with Gasteiger partial charge >= 0.3 is 0 Å². The standard InChI is InChI=1S/C11H14FNO2/c1-8-3-4-9(7-10(8)12)11(15)13-5-2-6-14/h3-4,7,14H,2,5-6H2,1H3,(H,13,15). The topological polar surface area (TPSA) is 49.3 Å². The lowest BCUT2D eigenvalue weighted by Crippen LogP contribution is -2.25. The summed E-state index contributed by atoms with van der Waals surface area (Å²) in [6, 6.07) is 4.35. The van der Waals surface area contributed by atoms with Crippen molar-refractivity contribution in [1.29, 1.82) is 0 Å². The van der Waals surface area contributed by atoms with Gasteiger partial charge in [-0.25, -0.2) is 4.39 Å². The molecule has 0 bridgehead atoms. The highest BCUT2D eigenvalue weighted by molar-refractivity contribution is 5.94. The van der Waals surface area contributed by atoms with Gasteiger partial charge in [-0.05, 0) is 31.0 Å². The highest BCUT2D eigenvalue weighted by Gasteiger charge is 2.06.